The molecule has 0 bridgehead atoms. The number of hydrogen-bond donors (Lipinski definition) is 1. The number of anilines is 1. The Bertz CT molecular complexity index is 972. The van der Waals surface area contributed by atoms with E-state index >= 15 is 0 Å². The molecule has 0 atom stereocenters. The number of hydrogen-bond acceptors (Lipinski definition) is 7. The third-order valence-electron chi connectivity index (χ3n) is 4.88. The lowest BCUT2D eigenvalue weighted by molar-refractivity contribution is -0.392. The van der Waals surface area contributed by atoms with E-state index in [9.17, 15) is 38.2 Å². The molecule has 1 aliphatic heterocycles. The van der Waals surface area contributed by atoms with Crippen molar-refractivity contribution in [3.05, 3.63) is 68.0 Å². The third kappa shape index (κ3) is 4.87. The molecule has 13 heteroatoms. The fourth-order valence-corrected chi connectivity index (χ4v) is 3.32. The van der Waals surface area contributed by atoms with Crippen LogP contribution in [0, 0.1) is 20.2 Å². The zero-order chi connectivity index (χ0) is 22.8. The van der Waals surface area contributed by atoms with Gasteiger partial charge in [0.2, 0.25) is 0 Å². The summed E-state index contributed by atoms with van der Waals surface area (Å²) in [5, 5.41) is 25.3. The number of carbonyl (C=O) groups is 1. The standard InChI is InChI=1S/C18H16F3N5O5/c19-18(20,21)12-9-14(25(28)29)16(15(10-12)26(30)31)23-13-3-7-24(8-4-13)17(27)11-1-5-22-6-2-11/h1-2,5-6,9-10,13,23H,3-4,7-8H2. The maximum Gasteiger partial charge on any atom is 0.416 e. The molecule has 164 valence electrons. The first-order valence-electron chi connectivity index (χ1n) is 9.07. The number of rotatable bonds is 5. The molecule has 31 heavy (non-hydrogen) atoms. The Kier molecular flexibility index (Phi) is 6.04. The highest BCUT2D eigenvalue weighted by atomic mass is 19.4. The summed E-state index contributed by atoms with van der Waals surface area (Å²) in [5.74, 6) is -0.229. The summed E-state index contributed by atoms with van der Waals surface area (Å²) in [5.41, 5.74) is -3.68. The van der Waals surface area contributed by atoms with Gasteiger partial charge in [0.15, 0.2) is 5.69 Å². The van der Waals surface area contributed by atoms with Gasteiger partial charge in [-0.1, -0.05) is 0 Å². The van der Waals surface area contributed by atoms with Gasteiger partial charge in [-0.25, -0.2) is 0 Å². The zero-order valence-corrected chi connectivity index (χ0v) is 15.8. The van der Waals surface area contributed by atoms with E-state index in [1.807, 2.05) is 0 Å². The molecule has 0 unspecified atom stereocenters. The molecule has 0 saturated carbocycles. The van der Waals surface area contributed by atoms with Crippen LogP contribution < -0.4 is 5.32 Å². The molecule has 1 amide bonds. The molecule has 0 spiro atoms. The molecule has 1 saturated heterocycles. The van der Waals surface area contributed by atoms with Crippen LogP contribution in [-0.2, 0) is 6.18 Å². The number of amides is 1. The van der Waals surface area contributed by atoms with Crippen LogP contribution in [-0.4, -0.2) is 44.8 Å². The van der Waals surface area contributed by atoms with E-state index in [1.165, 1.54) is 12.4 Å². The van der Waals surface area contributed by atoms with E-state index in [0.717, 1.165) is 0 Å². The number of benzene rings is 1. The van der Waals surface area contributed by atoms with Crippen molar-refractivity contribution in [1.82, 2.24) is 9.88 Å². The number of piperidine rings is 1. The van der Waals surface area contributed by atoms with Crippen LogP contribution in [0.5, 0.6) is 0 Å². The van der Waals surface area contributed by atoms with Crippen LogP contribution in [0.25, 0.3) is 0 Å². The number of aromatic nitrogens is 1. The Balaban J connectivity index is 1.81. The van der Waals surface area contributed by atoms with Crippen molar-refractivity contribution < 1.29 is 27.8 Å². The second kappa shape index (κ2) is 8.53. The van der Waals surface area contributed by atoms with Gasteiger partial charge >= 0.3 is 6.18 Å². The van der Waals surface area contributed by atoms with Gasteiger partial charge < -0.3 is 10.2 Å². The molecule has 1 aromatic carbocycles. The first kappa shape index (κ1) is 21.9. The summed E-state index contributed by atoms with van der Waals surface area (Å²) in [6.07, 6.45) is -1.43. The number of nitrogens with one attached hydrogen (secondary N) is 1. The third-order valence-corrected chi connectivity index (χ3v) is 4.88. The fourth-order valence-electron chi connectivity index (χ4n) is 3.32. The summed E-state index contributed by atoms with van der Waals surface area (Å²) in [6, 6.07) is 3.16. The maximum absolute atomic E-state index is 13.0. The summed E-state index contributed by atoms with van der Waals surface area (Å²) < 4.78 is 39.1. The molecule has 0 radical (unpaired) electrons. The number of halogens is 3. The topological polar surface area (TPSA) is 132 Å². The van der Waals surface area contributed by atoms with Gasteiger partial charge in [0.25, 0.3) is 17.3 Å². The minimum absolute atomic E-state index is 0.229. The lowest BCUT2D eigenvalue weighted by atomic mass is 10.0. The summed E-state index contributed by atoms with van der Waals surface area (Å²) in [6.45, 7) is 0.530. The number of likely N-dealkylation sites (tertiary alicyclic amines) is 1. The van der Waals surface area contributed by atoms with Crippen molar-refractivity contribution >= 4 is 23.0 Å². The number of carbonyl (C=O) groups excluding carboxylic acids is 1. The molecule has 10 nitrogen and oxygen atoms in total. The normalized spacial score (nSPS) is 14.9. The second-order valence-corrected chi connectivity index (χ2v) is 6.85. The Hall–Kier alpha value is -3.77. The van der Waals surface area contributed by atoms with Crippen LogP contribution in [0.4, 0.5) is 30.2 Å². The van der Waals surface area contributed by atoms with Crippen LogP contribution in [0.3, 0.4) is 0 Å². The number of alkyl halides is 3. The number of nitro groups is 2. The fraction of sp³-hybridized carbons (Fsp3) is 0.333. The van der Waals surface area contributed by atoms with Crippen molar-refractivity contribution in [2.45, 2.75) is 25.1 Å². The van der Waals surface area contributed by atoms with Crippen molar-refractivity contribution in [3.8, 4) is 0 Å². The van der Waals surface area contributed by atoms with Gasteiger partial charge in [-0.3, -0.25) is 30.0 Å². The highest BCUT2D eigenvalue weighted by molar-refractivity contribution is 5.94. The van der Waals surface area contributed by atoms with Crippen LogP contribution >= 0.6 is 0 Å². The van der Waals surface area contributed by atoms with Gasteiger partial charge in [0.05, 0.1) is 15.4 Å². The molecule has 3 rings (SSSR count). The number of pyridine rings is 1. The molecule has 1 fully saturated rings. The van der Waals surface area contributed by atoms with Gasteiger partial charge in [-0.2, -0.15) is 13.2 Å². The van der Waals surface area contributed by atoms with Crippen LogP contribution in [0.1, 0.15) is 28.8 Å². The molecular weight excluding hydrogens is 423 g/mol. The first-order chi connectivity index (χ1) is 14.6. The zero-order valence-electron chi connectivity index (χ0n) is 15.8. The largest absolute Gasteiger partial charge is 0.416 e. The van der Waals surface area contributed by atoms with E-state index in [-0.39, 0.29) is 31.1 Å². The molecule has 1 aliphatic rings. The van der Waals surface area contributed by atoms with Gasteiger partial charge in [0, 0.05) is 49.2 Å². The predicted octanol–water partition coefficient (Wildman–Crippen LogP) is 3.63. The average Bonchev–Trinajstić information content (AvgIpc) is 2.73. The summed E-state index contributed by atoms with van der Waals surface area (Å²) in [7, 11) is 0. The lowest BCUT2D eigenvalue weighted by Crippen LogP contribution is -2.42. The van der Waals surface area contributed by atoms with Crippen LogP contribution in [0.2, 0.25) is 0 Å². The van der Waals surface area contributed by atoms with Crippen molar-refractivity contribution in [2.75, 3.05) is 18.4 Å². The quantitative estimate of drug-likeness (QED) is 0.556. The lowest BCUT2D eigenvalue weighted by Gasteiger charge is -2.32. The van der Waals surface area contributed by atoms with E-state index < -0.39 is 44.7 Å². The molecule has 1 N–H and O–H groups in total. The molecular formula is C18H16F3N5O5. The van der Waals surface area contributed by atoms with Crippen molar-refractivity contribution in [2.24, 2.45) is 0 Å². The Morgan fingerprint density at radius 2 is 1.58 bits per heavy atom. The minimum atomic E-state index is -4.98. The van der Waals surface area contributed by atoms with Gasteiger partial charge in [0.1, 0.15) is 0 Å². The Labute approximate surface area is 173 Å². The van der Waals surface area contributed by atoms with Crippen molar-refractivity contribution in [1.29, 1.82) is 0 Å². The molecule has 0 aliphatic carbocycles. The Morgan fingerprint density at radius 1 is 1.06 bits per heavy atom. The highest BCUT2D eigenvalue weighted by Crippen LogP contribution is 2.41. The first-order valence-corrected chi connectivity index (χ1v) is 9.07. The number of nitrogens with zero attached hydrogens (tertiary/aromatic N) is 4. The van der Waals surface area contributed by atoms with E-state index in [4.69, 9.17) is 0 Å². The summed E-state index contributed by atoms with van der Waals surface area (Å²) in [4.78, 5) is 38.4. The number of nitro benzene ring substituents is 2. The van der Waals surface area contributed by atoms with E-state index in [2.05, 4.69) is 10.3 Å². The average molecular weight is 439 g/mol. The SMILES string of the molecule is O=C(c1ccncc1)N1CCC(Nc2c([N+](=O)[O-])cc(C(F)(F)F)cc2[N+](=O)[O-])CC1. The maximum atomic E-state index is 13.0. The van der Waals surface area contributed by atoms with Crippen molar-refractivity contribution in [3.63, 3.8) is 0 Å². The summed E-state index contributed by atoms with van der Waals surface area (Å²) >= 11 is 0. The molecule has 1 aromatic heterocycles. The molecule has 2 heterocycles. The minimum Gasteiger partial charge on any atom is -0.371 e. The van der Waals surface area contributed by atoms with Gasteiger partial charge in [-0.05, 0) is 25.0 Å². The second-order valence-electron chi connectivity index (χ2n) is 6.85. The predicted molar refractivity (Wildman–Crippen MR) is 102 cm³/mol. The van der Waals surface area contributed by atoms with Gasteiger partial charge in [-0.15, -0.1) is 0 Å². The molecule has 2 aromatic rings. The van der Waals surface area contributed by atoms with E-state index in [1.54, 1.807) is 17.0 Å². The van der Waals surface area contributed by atoms with Crippen LogP contribution in [0.15, 0.2) is 36.7 Å². The monoisotopic (exact) mass is 439 g/mol. The smallest absolute Gasteiger partial charge is 0.371 e. The van der Waals surface area contributed by atoms with E-state index in [0.29, 0.717) is 18.4 Å². The Morgan fingerprint density at radius 3 is 2.03 bits per heavy atom. The highest BCUT2D eigenvalue weighted by Gasteiger charge is 2.38.